The second-order valence-corrected chi connectivity index (χ2v) is 7.74. The van der Waals surface area contributed by atoms with Gasteiger partial charge in [-0.1, -0.05) is 6.92 Å². The molecular formula is C17H23N3O2S. The fraction of sp³-hybridized carbons (Fsp3) is 0.647. The van der Waals surface area contributed by atoms with Crippen LogP contribution in [0, 0.1) is 17.2 Å². The van der Waals surface area contributed by atoms with E-state index in [9.17, 15) is 10.1 Å². The minimum atomic E-state index is -0.0396. The van der Waals surface area contributed by atoms with Crippen LogP contribution in [0.2, 0.25) is 0 Å². The van der Waals surface area contributed by atoms with E-state index in [0.29, 0.717) is 24.6 Å². The molecule has 1 aliphatic heterocycles. The van der Waals surface area contributed by atoms with Crippen molar-refractivity contribution >= 4 is 22.2 Å². The van der Waals surface area contributed by atoms with E-state index in [2.05, 4.69) is 23.2 Å². The minimum absolute atomic E-state index is 0.0396. The Hall–Kier alpha value is -1.42. The Morgan fingerprint density at radius 1 is 1.52 bits per heavy atom. The number of carbonyl (C=O) groups is 1. The van der Waals surface area contributed by atoms with E-state index in [1.807, 2.05) is 6.92 Å². The zero-order chi connectivity index (χ0) is 16.4. The molecule has 0 radical (unpaired) electrons. The third-order valence-electron chi connectivity index (χ3n) is 4.57. The smallest absolute Gasteiger partial charge is 0.239 e. The highest BCUT2D eigenvalue weighted by Gasteiger charge is 2.25. The molecule has 1 fully saturated rings. The molecule has 1 aromatic rings. The average molecular weight is 333 g/mol. The van der Waals surface area contributed by atoms with Crippen LogP contribution in [0.4, 0.5) is 5.00 Å². The number of morpholine rings is 1. The number of carbonyl (C=O) groups excluding carboxylic acids is 1. The molecule has 1 saturated heterocycles. The second-order valence-electron chi connectivity index (χ2n) is 6.63. The number of thiophene rings is 1. The van der Waals surface area contributed by atoms with E-state index in [0.717, 1.165) is 42.9 Å². The maximum atomic E-state index is 12.3. The molecule has 0 aromatic carbocycles. The van der Waals surface area contributed by atoms with Gasteiger partial charge in [0.2, 0.25) is 5.91 Å². The Morgan fingerprint density at radius 2 is 2.35 bits per heavy atom. The predicted molar refractivity (Wildman–Crippen MR) is 90.7 cm³/mol. The molecule has 2 atom stereocenters. The Labute approximate surface area is 141 Å². The Kier molecular flexibility index (Phi) is 5.00. The summed E-state index contributed by atoms with van der Waals surface area (Å²) >= 11 is 1.58. The summed E-state index contributed by atoms with van der Waals surface area (Å²) in [6.07, 6.45) is 3.26. The van der Waals surface area contributed by atoms with Crippen LogP contribution in [-0.2, 0) is 22.4 Å². The van der Waals surface area contributed by atoms with Crippen LogP contribution < -0.4 is 5.32 Å². The molecule has 5 nitrogen and oxygen atoms in total. The fourth-order valence-corrected chi connectivity index (χ4v) is 4.74. The summed E-state index contributed by atoms with van der Waals surface area (Å²) < 4.78 is 5.50. The first-order chi connectivity index (χ1) is 11.1. The van der Waals surface area contributed by atoms with Gasteiger partial charge in [0.1, 0.15) is 11.1 Å². The first-order valence-corrected chi connectivity index (χ1v) is 9.07. The van der Waals surface area contributed by atoms with Gasteiger partial charge in [-0.2, -0.15) is 5.26 Å². The molecule has 2 heterocycles. The standard InChI is InChI=1S/C17H23N3O2S/c1-11-3-4-13-14(8-18)17(23-15(13)7-11)19-16(21)10-20-5-6-22-12(2)9-20/h11-12H,3-7,9-10H2,1-2H3,(H,19,21)/t11-,12+/m0/s1. The van der Waals surface area contributed by atoms with E-state index in [4.69, 9.17) is 4.74 Å². The second kappa shape index (κ2) is 7.00. The Morgan fingerprint density at radius 3 is 3.09 bits per heavy atom. The highest BCUT2D eigenvalue weighted by Crippen LogP contribution is 2.39. The number of amides is 1. The normalized spacial score (nSPS) is 24.7. The molecule has 0 saturated carbocycles. The van der Waals surface area contributed by atoms with Crippen LogP contribution in [0.25, 0.3) is 0 Å². The molecular weight excluding hydrogens is 310 g/mol. The van der Waals surface area contributed by atoms with Gasteiger partial charge in [-0.3, -0.25) is 9.69 Å². The summed E-state index contributed by atoms with van der Waals surface area (Å²) in [6, 6.07) is 2.30. The summed E-state index contributed by atoms with van der Waals surface area (Å²) in [4.78, 5) is 15.7. The lowest BCUT2D eigenvalue weighted by molar-refractivity contribution is -0.119. The number of nitriles is 1. The molecule has 0 bridgehead atoms. The van der Waals surface area contributed by atoms with Crippen molar-refractivity contribution in [3.05, 3.63) is 16.0 Å². The first-order valence-electron chi connectivity index (χ1n) is 8.25. The summed E-state index contributed by atoms with van der Waals surface area (Å²) in [7, 11) is 0. The minimum Gasteiger partial charge on any atom is -0.376 e. The largest absolute Gasteiger partial charge is 0.376 e. The van der Waals surface area contributed by atoms with Crippen molar-refractivity contribution < 1.29 is 9.53 Å². The molecule has 6 heteroatoms. The van der Waals surface area contributed by atoms with Crippen LogP contribution in [0.3, 0.4) is 0 Å². The van der Waals surface area contributed by atoms with Crippen molar-refractivity contribution in [3.63, 3.8) is 0 Å². The van der Waals surface area contributed by atoms with Gasteiger partial charge < -0.3 is 10.1 Å². The maximum absolute atomic E-state index is 12.3. The number of fused-ring (bicyclic) bond motifs is 1. The monoisotopic (exact) mass is 333 g/mol. The van der Waals surface area contributed by atoms with Crippen molar-refractivity contribution in [2.24, 2.45) is 5.92 Å². The van der Waals surface area contributed by atoms with Crippen LogP contribution in [0.1, 0.15) is 36.3 Å². The van der Waals surface area contributed by atoms with Gasteiger partial charge in [0, 0.05) is 18.0 Å². The molecule has 0 unspecified atom stereocenters. The molecule has 124 valence electrons. The molecule has 3 rings (SSSR count). The summed E-state index contributed by atoms with van der Waals surface area (Å²) in [5, 5.41) is 13.2. The highest BCUT2D eigenvalue weighted by atomic mass is 32.1. The Bertz CT molecular complexity index is 635. The van der Waals surface area contributed by atoms with Crippen LogP contribution in [0.15, 0.2) is 0 Å². The fourth-order valence-electron chi connectivity index (χ4n) is 3.36. The zero-order valence-electron chi connectivity index (χ0n) is 13.7. The molecule has 23 heavy (non-hydrogen) atoms. The lowest BCUT2D eigenvalue weighted by Crippen LogP contribution is -2.44. The van der Waals surface area contributed by atoms with Gasteiger partial charge in [-0.25, -0.2) is 0 Å². The third kappa shape index (κ3) is 3.74. The quantitative estimate of drug-likeness (QED) is 0.922. The summed E-state index contributed by atoms with van der Waals surface area (Å²) in [5.41, 5.74) is 1.84. The number of ether oxygens (including phenoxy) is 1. The molecule has 1 N–H and O–H groups in total. The number of hydrogen-bond acceptors (Lipinski definition) is 5. The van der Waals surface area contributed by atoms with Gasteiger partial charge >= 0.3 is 0 Å². The van der Waals surface area contributed by atoms with Gasteiger partial charge in [-0.05, 0) is 37.7 Å². The van der Waals surface area contributed by atoms with Gasteiger partial charge in [0.05, 0.1) is 24.8 Å². The van der Waals surface area contributed by atoms with Crippen molar-refractivity contribution in [2.45, 2.75) is 39.2 Å². The van der Waals surface area contributed by atoms with E-state index >= 15 is 0 Å². The topological polar surface area (TPSA) is 65.4 Å². The summed E-state index contributed by atoms with van der Waals surface area (Å²) in [6.45, 7) is 6.85. The van der Waals surface area contributed by atoms with Crippen molar-refractivity contribution in [1.82, 2.24) is 4.90 Å². The molecule has 1 aliphatic carbocycles. The highest BCUT2D eigenvalue weighted by molar-refractivity contribution is 7.16. The van der Waals surface area contributed by atoms with Crippen LogP contribution >= 0.6 is 11.3 Å². The predicted octanol–water partition coefficient (Wildman–Crippen LogP) is 2.40. The van der Waals surface area contributed by atoms with Crippen molar-refractivity contribution in [3.8, 4) is 6.07 Å². The number of nitrogens with one attached hydrogen (secondary N) is 1. The van der Waals surface area contributed by atoms with Gasteiger partial charge in [0.25, 0.3) is 0 Å². The molecule has 1 aromatic heterocycles. The SMILES string of the molecule is C[C@H]1CCc2c(sc(NC(=O)CN3CCO[C@H](C)C3)c2C#N)C1. The maximum Gasteiger partial charge on any atom is 0.239 e. The van der Waals surface area contributed by atoms with E-state index in [-0.39, 0.29) is 12.0 Å². The van der Waals surface area contributed by atoms with Crippen LogP contribution in [0.5, 0.6) is 0 Å². The molecule has 0 spiro atoms. The zero-order valence-corrected chi connectivity index (χ0v) is 14.5. The lowest BCUT2D eigenvalue weighted by Gasteiger charge is -2.30. The first kappa shape index (κ1) is 16.4. The lowest BCUT2D eigenvalue weighted by atomic mass is 9.89. The van der Waals surface area contributed by atoms with Gasteiger partial charge in [-0.15, -0.1) is 11.3 Å². The summed E-state index contributed by atoms with van der Waals surface area (Å²) in [5.74, 6) is 0.619. The Balaban J connectivity index is 1.68. The number of nitrogens with zero attached hydrogens (tertiary/aromatic N) is 2. The van der Waals surface area contributed by atoms with Crippen molar-refractivity contribution in [2.75, 3.05) is 31.6 Å². The number of anilines is 1. The van der Waals surface area contributed by atoms with Gasteiger partial charge in [0.15, 0.2) is 0 Å². The molecule has 1 amide bonds. The van der Waals surface area contributed by atoms with E-state index in [1.165, 1.54) is 4.88 Å². The number of hydrogen-bond donors (Lipinski definition) is 1. The van der Waals surface area contributed by atoms with E-state index in [1.54, 1.807) is 11.3 Å². The van der Waals surface area contributed by atoms with Crippen LogP contribution in [-0.4, -0.2) is 43.2 Å². The molecule has 2 aliphatic rings. The van der Waals surface area contributed by atoms with Crippen molar-refractivity contribution in [1.29, 1.82) is 5.26 Å². The third-order valence-corrected chi connectivity index (χ3v) is 5.74. The number of rotatable bonds is 3. The van der Waals surface area contributed by atoms with E-state index < -0.39 is 0 Å². The average Bonchev–Trinajstić information content (AvgIpc) is 2.82.